The number of carbonyl (C=O) groups excluding carboxylic acids is 1. The van der Waals surface area contributed by atoms with E-state index >= 15 is 0 Å². The number of thiophene rings is 1. The number of ether oxygens (including phenoxy) is 1. The first-order chi connectivity index (χ1) is 11.1. The number of benzene rings is 1. The van der Waals surface area contributed by atoms with Crippen LogP contribution in [0.3, 0.4) is 0 Å². The quantitative estimate of drug-likeness (QED) is 0.850. The Kier molecular flexibility index (Phi) is 4.53. The van der Waals surface area contributed by atoms with Gasteiger partial charge in [-0.3, -0.25) is 0 Å². The maximum atomic E-state index is 11.5. The summed E-state index contributed by atoms with van der Waals surface area (Å²) in [7, 11) is 0. The van der Waals surface area contributed by atoms with Crippen molar-refractivity contribution in [1.82, 2.24) is 0 Å². The van der Waals surface area contributed by atoms with Crippen molar-refractivity contribution in [2.45, 2.75) is 0 Å². The smallest absolute Gasteiger partial charge is 0.110 e. The zero-order chi connectivity index (χ0) is 16.4. The van der Waals surface area contributed by atoms with E-state index in [-0.39, 0.29) is 4.88 Å². The number of morpholine rings is 1. The Hall–Kier alpha value is -2.07. The lowest BCUT2D eigenvalue weighted by molar-refractivity contribution is -0.254. The van der Waals surface area contributed by atoms with Gasteiger partial charge >= 0.3 is 0 Å². The van der Waals surface area contributed by atoms with E-state index in [1.165, 1.54) is 0 Å². The number of rotatable bonds is 3. The number of carbonyl (C=O) groups is 1. The van der Waals surface area contributed by atoms with Gasteiger partial charge in [0.05, 0.1) is 29.6 Å². The lowest BCUT2D eigenvalue weighted by Crippen LogP contribution is -2.36. The number of hydrogen-bond donors (Lipinski definition) is 0. The van der Waals surface area contributed by atoms with Gasteiger partial charge in [0.1, 0.15) is 11.1 Å². The molecule has 0 atom stereocenters. The lowest BCUT2D eigenvalue weighted by Gasteiger charge is -2.27. The minimum atomic E-state index is -1.28. The summed E-state index contributed by atoms with van der Waals surface area (Å²) in [6, 6.07) is 8.91. The second-order valence-electron chi connectivity index (χ2n) is 4.99. The van der Waals surface area contributed by atoms with Gasteiger partial charge in [0.25, 0.3) is 0 Å². The molecule has 1 aliphatic heterocycles. The van der Waals surface area contributed by atoms with Gasteiger partial charge in [0.2, 0.25) is 0 Å². The number of carboxylic acids is 1. The fourth-order valence-corrected chi connectivity index (χ4v) is 3.83. The van der Waals surface area contributed by atoms with Crippen molar-refractivity contribution in [3.8, 4) is 17.2 Å². The maximum absolute atomic E-state index is 11.5. The SMILES string of the molecule is N#Cc1c(N2CCOCC2)sc(C(=O)[O-])c1-c1ccc(Cl)cc1. The molecule has 2 heterocycles. The van der Waals surface area contributed by atoms with Crippen LogP contribution in [0.25, 0.3) is 11.1 Å². The van der Waals surface area contributed by atoms with Crippen LogP contribution >= 0.6 is 22.9 Å². The van der Waals surface area contributed by atoms with Gasteiger partial charge in [-0.2, -0.15) is 5.26 Å². The maximum Gasteiger partial charge on any atom is 0.110 e. The van der Waals surface area contributed by atoms with Crippen LogP contribution in [-0.2, 0) is 4.74 Å². The van der Waals surface area contributed by atoms with Crippen LogP contribution in [0.1, 0.15) is 15.2 Å². The zero-order valence-corrected chi connectivity index (χ0v) is 13.6. The van der Waals surface area contributed by atoms with Gasteiger partial charge in [0.15, 0.2) is 0 Å². The molecular weight excluding hydrogens is 336 g/mol. The van der Waals surface area contributed by atoms with E-state index in [2.05, 4.69) is 6.07 Å². The van der Waals surface area contributed by atoms with Crippen molar-refractivity contribution < 1.29 is 14.6 Å². The van der Waals surface area contributed by atoms with Crippen molar-refractivity contribution in [2.75, 3.05) is 31.2 Å². The van der Waals surface area contributed by atoms with Crippen molar-refractivity contribution in [2.24, 2.45) is 0 Å². The van der Waals surface area contributed by atoms with Crippen LogP contribution < -0.4 is 10.0 Å². The average Bonchev–Trinajstić information content (AvgIpc) is 2.96. The predicted molar refractivity (Wildman–Crippen MR) is 86.8 cm³/mol. The second kappa shape index (κ2) is 6.59. The van der Waals surface area contributed by atoms with Crippen molar-refractivity contribution in [1.29, 1.82) is 5.26 Å². The van der Waals surface area contributed by atoms with Gasteiger partial charge in [0, 0.05) is 23.7 Å². The lowest BCUT2D eigenvalue weighted by atomic mass is 10.0. The fraction of sp³-hybridized carbons (Fsp3) is 0.250. The molecule has 1 fully saturated rings. The summed E-state index contributed by atoms with van der Waals surface area (Å²) < 4.78 is 5.31. The molecule has 0 aliphatic carbocycles. The zero-order valence-electron chi connectivity index (χ0n) is 12.0. The molecule has 7 heteroatoms. The largest absolute Gasteiger partial charge is 0.544 e. The number of nitriles is 1. The summed E-state index contributed by atoms with van der Waals surface area (Å²) in [5.41, 5.74) is 1.40. The summed E-state index contributed by atoms with van der Waals surface area (Å²) in [6.45, 7) is 2.36. The van der Waals surface area contributed by atoms with Crippen LogP contribution in [0.15, 0.2) is 24.3 Å². The number of aromatic carboxylic acids is 1. The van der Waals surface area contributed by atoms with Crippen LogP contribution in [0.2, 0.25) is 5.02 Å². The molecule has 2 aromatic rings. The summed E-state index contributed by atoms with van der Waals surface area (Å²) in [4.78, 5) is 13.6. The van der Waals surface area contributed by atoms with Gasteiger partial charge in [-0.15, -0.1) is 11.3 Å². The predicted octanol–water partition coefficient (Wildman–Crippen LogP) is 2.14. The second-order valence-corrected chi connectivity index (χ2v) is 6.43. The topological polar surface area (TPSA) is 76.4 Å². The normalized spacial score (nSPS) is 14.5. The number of nitrogens with zero attached hydrogens (tertiary/aromatic N) is 2. The summed E-state index contributed by atoms with van der Waals surface area (Å²) in [5, 5.41) is 22.3. The molecule has 1 saturated heterocycles. The third-order valence-electron chi connectivity index (χ3n) is 3.62. The van der Waals surface area contributed by atoms with E-state index < -0.39 is 5.97 Å². The van der Waals surface area contributed by atoms with E-state index in [9.17, 15) is 15.2 Å². The van der Waals surface area contributed by atoms with Gasteiger partial charge in [-0.1, -0.05) is 23.7 Å². The van der Waals surface area contributed by atoms with Crippen molar-refractivity contribution in [3.63, 3.8) is 0 Å². The number of carboxylic acid groups (broad SMARTS) is 1. The Morgan fingerprint density at radius 3 is 2.52 bits per heavy atom. The fourth-order valence-electron chi connectivity index (χ4n) is 2.55. The molecule has 3 rings (SSSR count). The Morgan fingerprint density at radius 1 is 1.30 bits per heavy atom. The number of anilines is 1. The minimum absolute atomic E-state index is 0.0605. The highest BCUT2D eigenvalue weighted by atomic mass is 35.5. The highest BCUT2D eigenvalue weighted by Crippen LogP contribution is 2.42. The van der Waals surface area contributed by atoms with E-state index in [0.29, 0.717) is 53.0 Å². The molecule has 0 radical (unpaired) electrons. The molecular formula is C16H12ClN2O3S-. The third kappa shape index (κ3) is 3.04. The van der Waals surface area contributed by atoms with Gasteiger partial charge < -0.3 is 19.5 Å². The Morgan fingerprint density at radius 2 is 1.96 bits per heavy atom. The van der Waals surface area contributed by atoms with Crippen LogP contribution in [0, 0.1) is 11.3 Å². The van der Waals surface area contributed by atoms with Crippen molar-refractivity contribution >= 4 is 33.9 Å². The van der Waals surface area contributed by atoms with E-state index in [4.69, 9.17) is 16.3 Å². The summed E-state index contributed by atoms with van der Waals surface area (Å²) in [6.07, 6.45) is 0. The standard InChI is InChI=1S/C16H13ClN2O3S/c17-11-3-1-10(2-4-11)13-12(9-18)15(23-14(13)16(20)21)19-5-7-22-8-6-19/h1-4H,5-8H2,(H,20,21)/p-1. The molecule has 23 heavy (non-hydrogen) atoms. The average molecular weight is 348 g/mol. The molecule has 0 N–H and O–H groups in total. The molecule has 0 unspecified atom stereocenters. The molecule has 0 saturated carbocycles. The van der Waals surface area contributed by atoms with Gasteiger partial charge in [-0.25, -0.2) is 0 Å². The first-order valence-corrected chi connectivity index (χ1v) is 8.18. The molecule has 0 spiro atoms. The van der Waals surface area contributed by atoms with Crippen molar-refractivity contribution in [3.05, 3.63) is 39.7 Å². The molecule has 118 valence electrons. The van der Waals surface area contributed by atoms with Gasteiger partial charge in [-0.05, 0) is 17.7 Å². The minimum Gasteiger partial charge on any atom is -0.544 e. The molecule has 0 amide bonds. The third-order valence-corrected chi connectivity index (χ3v) is 5.10. The van der Waals surface area contributed by atoms with Crippen LogP contribution in [-0.4, -0.2) is 32.3 Å². The highest BCUT2D eigenvalue weighted by Gasteiger charge is 2.25. The van der Waals surface area contributed by atoms with Crippen LogP contribution in [0.5, 0.6) is 0 Å². The highest BCUT2D eigenvalue weighted by molar-refractivity contribution is 7.18. The summed E-state index contributed by atoms with van der Waals surface area (Å²) >= 11 is 6.97. The number of hydrogen-bond acceptors (Lipinski definition) is 6. The number of halogens is 1. The monoisotopic (exact) mass is 347 g/mol. The first kappa shape index (κ1) is 15.8. The summed E-state index contributed by atoms with van der Waals surface area (Å²) in [5.74, 6) is -1.28. The molecule has 5 nitrogen and oxygen atoms in total. The molecule has 1 aliphatic rings. The molecule has 1 aromatic carbocycles. The Labute approximate surface area is 142 Å². The Balaban J connectivity index is 2.16. The van der Waals surface area contributed by atoms with E-state index in [1.807, 2.05) is 4.90 Å². The molecule has 0 bridgehead atoms. The molecule has 1 aromatic heterocycles. The Bertz CT molecular complexity index is 774. The van der Waals surface area contributed by atoms with E-state index in [1.54, 1.807) is 24.3 Å². The van der Waals surface area contributed by atoms with E-state index in [0.717, 1.165) is 11.3 Å². The van der Waals surface area contributed by atoms with Crippen LogP contribution in [0.4, 0.5) is 5.00 Å². The first-order valence-electron chi connectivity index (χ1n) is 6.98.